The van der Waals surface area contributed by atoms with Crippen molar-refractivity contribution in [1.82, 2.24) is 14.8 Å². The topological polar surface area (TPSA) is 94.0 Å². The number of hydrogen-bond donors (Lipinski definition) is 2. The molecule has 6 nitrogen and oxygen atoms in total. The number of carbonyl (C=O) groups is 1. The number of rotatable bonds is 2. The average Bonchev–Trinajstić information content (AvgIpc) is 2.96. The number of hydrogen-bond acceptors (Lipinski definition) is 4. The molecule has 0 aliphatic carbocycles. The van der Waals surface area contributed by atoms with Gasteiger partial charge in [-0.2, -0.15) is 18.3 Å². The third-order valence-electron chi connectivity index (χ3n) is 3.62. The monoisotopic (exact) mass is 366 g/mol. The van der Waals surface area contributed by atoms with E-state index in [1.54, 1.807) is 0 Å². The SMILES string of the molecule is Cc1cc(-c2ccc(CN)cn2)cc2cnn(C)c12.O=C(O)C(F)(F)F. The van der Waals surface area contributed by atoms with Gasteiger partial charge < -0.3 is 10.8 Å². The summed E-state index contributed by atoms with van der Waals surface area (Å²) in [7, 11) is 1.96. The van der Waals surface area contributed by atoms with Crippen molar-refractivity contribution >= 4 is 16.9 Å². The summed E-state index contributed by atoms with van der Waals surface area (Å²) in [6, 6.07) is 8.30. The first kappa shape index (κ1) is 19.4. The minimum atomic E-state index is -5.08. The van der Waals surface area contributed by atoms with Crippen LogP contribution in [0.4, 0.5) is 13.2 Å². The Morgan fingerprint density at radius 3 is 2.42 bits per heavy atom. The number of nitrogens with two attached hydrogens (primary N) is 1. The predicted octanol–water partition coefficient (Wildman–Crippen LogP) is 3.04. The minimum absolute atomic E-state index is 0.522. The van der Waals surface area contributed by atoms with Crippen LogP contribution in [0.2, 0.25) is 0 Å². The lowest BCUT2D eigenvalue weighted by molar-refractivity contribution is -0.192. The minimum Gasteiger partial charge on any atom is -0.475 e. The van der Waals surface area contributed by atoms with Crippen LogP contribution in [0.15, 0.2) is 36.7 Å². The number of aliphatic carboxylic acids is 1. The van der Waals surface area contributed by atoms with Crippen LogP contribution < -0.4 is 5.73 Å². The van der Waals surface area contributed by atoms with Crippen LogP contribution in [0.5, 0.6) is 0 Å². The Morgan fingerprint density at radius 1 is 1.27 bits per heavy atom. The second-order valence-corrected chi connectivity index (χ2v) is 5.56. The lowest BCUT2D eigenvalue weighted by atomic mass is 10.0. The Bertz CT molecular complexity index is 918. The van der Waals surface area contributed by atoms with Gasteiger partial charge in [0.05, 0.1) is 17.4 Å². The van der Waals surface area contributed by atoms with Crippen LogP contribution in [0.1, 0.15) is 11.1 Å². The van der Waals surface area contributed by atoms with E-state index < -0.39 is 12.1 Å². The standard InChI is InChI=1S/C15H16N4.C2HF3O2/c1-10-5-12(6-13-9-18-19(2)15(10)13)14-4-3-11(7-16)8-17-14;3-2(4,5)1(6)7/h3-6,8-9H,7,16H2,1-2H3;(H,6,7). The smallest absolute Gasteiger partial charge is 0.475 e. The maximum absolute atomic E-state index is 10.6. The van der Waals surface area contributed by atoms with Crippen molar-refractivity contribution in [1.29, 1.82) is 0 Å². The lowest BCUT2D eigenvalue weighted by Crippen LogP contribution is -2.21. The van der Waals surface area contributed by atoms with Gasteiger partial charge in [0.15, 0.2) is 0 Å². The van der Waals surface area contributed by atoms with Crippen molar-refractivity contribution in [3.63, 3.8) is 0 Å². The lowest BCUT2D eigenvalue weighted by Gasteiger charge is -2.06. The number of halogens is 3. The van der Waals surface area contributed by atoms with E-state index in [1.165, 1.54) is 11.1 Å². The van der Waals surface area contributed by atoms with Gasteiger partial charge in [0.2, 0.25) is 0 Å². The molecule has 3 aromatic rings. The number of nitrogens with zero attached hydrogens (tertiary/aromatic N) is 3. The molecule has 0 spiro atoms. The first-order valence-electron chi connectivity index (χ1n) is 7.51. The van der Waals surface area contributed by atoms with Gasteiger partial charge in [-0.3, -0.25) is 9.67 Å². The highest BCUT2D eigenvalue weighted by Gasteiger charge is 2.38. The molecule has 0 amide bonds. The summed E-state index contributed by atoms with van der Waals surface area (Å²) in [5.74, 6) is -2.76. The highest BCUT2D eigenvalue weighted by molar-refractivity contribution is 5.86. The maximum Gasteiger partial charge on any atom is 0.490 e. The van der Waals surface area contributed by atoms with Gasteiger partial charge in [-0.05, 0) is 36.2 Å². The van der Waals surface area contributed by atoms with Gasteiger partial charge in [-0.15, -0.1) is 0 Å². The molecule has 0 aliphatic rings. The Hall–Kier alpha value is -2.94. The summed E-state index contributed by atoms with van der Waals surface area (Å²) >= 11 is 0. The molecular formula is C17H17F3N4O2. The normalized spacial score (nSPS) is 11.2. The molecule has 0 saturated heterocycles. The number of pyridine rings is 1. The largest absolute Gasteiger partial charge is 0.490 e. The maximum atomic E-state index is 10.6. The van der Waals surface area contributed by atoms with Gasteiger partial charge in [0.1, 0.15) is 0 Å². The molecule has 2 aromatic heterocycles. The van der Waals surface area contributed by atoms with E-state index in [2.05, 4.69) is 29.1 Å². The van der Waals surface area contributed by atoms with E-state index in [-0.39, 0.29) is 0 Å². The molecular weight excluding hydrogens is 349 g/mol. The molecule has 26 heavy (non-hydrogen) atoms. The summed E-state index contributed by atoms with van der Waals surface area (Å²) in [4.78, 5) is 13.4. The van der Waals surface area contributed by atoms with Crippen LogP contribution in [-0.4, -0.2) is 32.0 Å². The van der Waals surface area contributed by atoms with E-state index in [0.717, 1.165) is 22.2 Å². The number of aryl methyl sites for hydroxylation is 2. The zero-order valence-electron chi connectivity index (χ0n) is 14.1. The van der Waals surface area contributed by atoms with Gasteiger partial charge >= 0.3 is 12.1 Å². The highest BCUT2D eigenvalue weighted by Crippen LogP contribution is 2.26. The highest BCUT2D eigenvalue weighted by atomic mass is 19.4. The van der Waals surface area contributed by atoms with Crippen LogP contribution in [0.25, 0.3) is 22.2 Å². The van der Waals surface area contributed by atoms with Gasteiger partial charge in [-0.25, -0.2) is 4.79 Å². The molecule has 0 unspecified atom stereocenters. The predicted molar refractivity (Wildman–Crippen MR) is 90.3 cm³/mol. The van der Waals surface area contributed by atoms with Gasteiger partial charge in [0, 0.05) is 30.7 Å². The third-order valence-corrected chi connectivity index (χ3v) is 3.62. The second-order valence-electron chi connectivity index (χ2n) is 5.56. The van der Waals surface area contributed by atoms with Gasteiger partial charge in [0.25, 0.3) is 0 Å². The van der Waals surface area contributed by atoms with E-state index in [0.29, 0.717) is 6.54 Å². The molecule has 3 N–H and O–H groups in total. The Balaban J connectivity index is 0.000000298. The quantitative estimate of drug-likeness (QED) is 0.727. The molecule has 0 fully saturated rings. The Kier molecular flexibility index (Phi) is 5.61. The zero-order chi connectivity index (χ0) is 19.5. The Morgan fingerprint density at radius 2 is 1.92 bits per heavy atom. The summed E-state index contributed by atoms with van der Waals surface area (Å²) < 4.78 is 33.6. The number of benzene rings is 1. The van der Waals surface area contributed by atoms with Crippen LogP contribution in [0, 0.1) is 6.92 Å². The summed E-state index contributed by atoms with van der Waals surface area (Å²) in [6.07, 6.45) is -1.36. The molecule has 1 aromatic carbocycles. The van der Waals surface area contributed by atoms with Crippen molar-refractivity contribution in [2.24, 2.45) is 12.8 Å². The molecule has 9 heteroatoms. The first-order chi connectivity index (χ1) is 12.1. The molecule has 0 saturated carbocycles. The molecule has 0 atom stereocenters. The molecule has 138 valence electrons. The van der Waals surface area contributed by atoms with E-state index in [9.17, 15) is 13.2 Å². The van der Waals surface area contributed by atoms with Crippen molar-refractivity contribution < 1.29 is 23.1 Å². The van der Waals surface area contributed by atoms with Crippen LogP contribution in [-0.2, 0) is 18.4 Å². The van der Waals surface area contributed by atoms with E-state index >= 15 is 0 Å². The van der Waals surface area contributed by atoms with Crippen LogP contribution >= 0.6 is 0 Å². The Labute approximate surface area is 147 Å². The number of carboxylic acids is 1. The fourth-order valence-electron chi connectivity index (χ4n) is 2.42. The summed E-state index contributed by atoms with van der Waals surface area (Å²) in [5.41, 5.74) is 11.1. The fraction of sp³-hybridized carbons (Fsp3) is 0.235. The average molecular weight is 366 g/mol. The second kappa shape index (κ2) is 7.52. The zero-order valence-corrected chi connectivity index (χ0v) is 14.1. The van der Waals surface area contributed by atoms with Crippen molar-refractivity contribution in [2.75, 3.05) is 0 Å². The first-order valence-corrected chi connectivity index (χ1v) is 7.51. The molecule has 0 bridgehead atoms. The van der Waals surface area contributed by atoms with E-state index in [1.807, 2.05) is 36.3 Å². The summed E-state index contributed by atoms with van der Waals surface area (Å²) in [6.45, 7) is 2.62. The number of aromatic nitrogens is 3. The third kappa shape index (κ3) is 4.37. The van der Waals surface area contributed by atoms with Crippen molar-refractivity contribution in [3.05, 3.63) is 47.8 Å². The van der Waals surface area contributed by atoms with Gasteiger partial charge in [-0.1, -0.05) is 6.07 Å². The number of fused-ring (bicyclic) bond motifs is 1. The van der Waals surface area contributed by atoms with E-state index in [4.69, 9.17) is 15.6 Å². The molecule has 2 heterocycles. The fourth-order valence-corrected chi connectivity index (χ4v) is 2.42. The molecule has 3 rings (SSSR count). The summed E-state index contributed by atoms with van der Waals surface area (Å²) in [5, 5.41) is 12.6. The molecule has 0 aliphatic heterocycles. The number of alkyl halides is 3. The van der Waals surface area contributed by atoms with Crippen molar-refractivity contribution in [3.8, 4) is 11.3 Å². The number of carboxylic acid groups (broad SMARTS) is 1. The van der Waals surface area contributed by atoms with Crippen molar-refractivity contribution in [2.45, 2.75) is 19.6 Å². The molecule has 0 radical (unpaired) electrons. The van der Waals surface area contributed by atoms with Crippen LogP contribution in [0.3, 0.4) is 0 Å².